The second kappa shape index (κ2) is 11.4. The van der Waals surface area contributed by atoms with Crippen LogP contribution in [-0.2, 0) is 17.9 Å². The molecule has 0 aromatic heterocycles. The van der Waals surface area contributed by atoms with Crippen molar-refractivity contribution in [2.75, 3.05) is 31.6 Å². The molecule has 2 aromatic rings. The van der Waals surface area contributed by atoms with E-state index in [1.165, 1.54) is 16.8 Å². The van der Waals surface area contributed by atoms with E-state index in [0.717, 1.165) is 51.5 Å². The second-order valence-electron chi connectivity index (χ2n) is 8.07. The van der Waals surface area contributed by atoms with Gasteiger partial charge in [-0.25, -0.2) is 0 Å². The number of para-hydroxylation sites is 1. The topological polar surface area (TPSA) is 60.0 Å². The molecule has 1 amide bonds. The number of carbonyl (C=O) groups excluding carboxylic acids is 1. The van der Waals surface area contributed by atoms with Crippen molar-refractivity contribution in [2.45, 2.75) is 38.4 Å². The number of hydrogen-bond donors (Lipinski definition) is 2. The highest BCUT2D eigenvalue weighted by Gasteiger charge is 2.23. The summed E-state index contributed by atoms with van der Waals surface area (Å²) in [5, 5.41) is 6.98. The average Bonchev–Trinajstić information content (AvgIpc) is 3.42. The molecule has 0 radical (unpaired) electrons. The van der Waals surface area contributed by atoms with Crippen LogP contribution in [0.1, 0.15) is 30.4 Å². The monoisotopic (exact) mass is 533 g/mol. The fraction of sp³-hybridized carbons (Fsp3) is 0.417. The van der Waals surface area contributed by atoms with Crippen LogP contribution in [0.4, 0.5) is 5.69 Å². The molecule has 2 aliphatic rings. The van der Waals surface area contributed by atoms with Gasteiger partial charge in [0.25, 0.3) is 0 Å². The normalized spacial score (nSPS) is 18.8. The highest BCUT2D eigenvalue weighted by molar-refractivity contribution is 14.0. The van der Waals surface area contributed by atoms with E-state index < -0.39 is 0 Å². The van der Waals surface area contributed by atoms with Crippen molar-refractivity contribution in [3.8, 4) is 0 Å². The van der Waals surface area contributed by atoms with Gasteiger partial charge in [-0.1, -0.05) is 42.5 Å². The molecule has 2 heterocycles. The number of carbonyl (C=O) groups is 1. The Balaban J connectivity index is 0.00000272. The summed E-state index contributed by atoms with van der Waals surface area (Å²) in [6, 6.07) is 19.4. The Labute approximate surface area is 202 Å². The zero-order chi connectivity index (χ0) is 20.8. The number of hydrogen-bond acceptors (Lipinski definition) is 3. The molecule has 4 rings (SSSR count). The van der Waals surface area contributed by atoms with Gasteiger partial charge in [-0.2, -0.15) is 0 Å². The molecule has 31 heavy (non-hydrogen) atoms. The summed E-state index contributed by atoms with van der Waals surface area (Å²) in [4.78, 5) is 20.5. The lowest BCUT2D eigenvalue weighted by atomic mass is 10.1. The first-order valence-electron chi connectivity index (χ1n) is 10.8. The van der Waals surface area contributed by atoms with E-state index in [9.17, 15) is 4.79 Å². The maximum absolute atomic E-state index is 11.8. The second-order valence-corrected chi connectivity index (χ2v) is 8.07. The quantitative estimate of drug-likeness (QED) is 0.340. The summed E-state index contributed by atoms with van der Waals surface area (Å²) in [7, 11) is 1.81. The van der Waals surface area contributed by atoms with Crippen molar-refractivity contribution in [3.05, 3.63) is 65.7 Å². The minimum absolute atomic E-state index is 0. The van der Waals surface area contributed by atoms with Crippen molar-refractivity contribution in [1.82, 2.24) is 15.5 Å². The van der Waals surface area contributed by atoms with Crippen molar-refractivity contribution in [3.63, 3.8) is 0 Å². The molecular weight excluding hydrogens is 501 g/mol. The number of amides is 1. The molecule has 1 atom stereocenters. The molecule has 0 spiro atoms. The van der Waals surface area contributed by atoms with E-state index in [1.54, 1.807) is 0 Å². The highest BCUT2D eigenvalue weighted by Crippen LogP contribution is 2.19. The van der Waals surface area contributed by atoms with E-state index in [1.807, 2.05) is 11.9 Å². The van der Waals surface area contributed by atoms with Gasteiger partial charge in [0.05, 0.1) is 0 Å². The van der Waals surface area contributed by atoms with Crippen molar-refractivity contribution in [2.24, 2.45) is 4.99 Å². The zero-order valence-corrected chi connectivity index (χ0v) is 20.4. The SMILES string of the molecule is CN=C(NCc1ccc(CN2CCCC2=O)cc1)NC1CCN(c2ccccc2)C1.I. The molecule has 0 bridgehead atoms. The Kier molecular flexibility index (Phi) is 8.57. The molecule has 0 aliphatic carbocycles. The number of anilines is 1. The molecule has 2 N–H and O–H groups in total. The molecule has 2 saturated heterocycles. The number of likely N-dealkylation sites (tertiary alicyclic amines) is 1. The third-order valence-electron chi connectivity index (χ3n) is 5.90. The lowest BCUT2D eigenvalue weighted by Gasteiger charge is -2.20. The number of benzene rings is 2. The summed E-state index contributed by atoms with van der Waals surface area (Å²) in [6.07, 6.45) is 2.77. The predicted octanol–water partition coefficient (Wildman–Crippen LogP) is 3.37. The minimum Gasteiger partial charge on any atom is -0.369 e. The smallest absolute Gasteiger partial charge is 0.222 e. The fourth-order valence-electron chi connectivity index (χ4n) is 4.18. The molecule has 2 aliphatic heterocycles. The molecule has 166 valence electrons. The van der Waals surface area contributed by atoms with Crippen LogP contribution in [0.5, 0.6) is 0 Å². The number of nitrogens with zero attached hydrogens (tertiary/aromatic N) is 3. The lowest BCUT2D eigenvalue weighted by Crippen LogP contribution is -2.44. The third kappa shape index (κ3) is 6.35. The number of nitrogens with one attached hydrogen (secondary N) is 2. The Morgan fingerprint density at radius 1 is 1.06 bits per heavy atom. The highest BCUT2D eigenvalue weighted by atomic mass is 127. The van der Waals surface area contributed by atoms with Crippen molar-refractivity contribution < 1.29 is 4.79 Å². The molecule has 2 aromatic carbocycles. The summed E-state index contributed by atoms with van der Waals surface area (Å²) < 4.78 is 0. The van der Waals surface area contributed by atoms with Gasteiger partial charge in [0.2, 0.25) is 5.91 Å². The standard InChI is InChI=1S/C24H31N5O.HI/c1-25-24(27-21-13-15-28(18-21)22-6-3-2-4-7-22)26-16-19-9-11-20(12-10-19)17-29-14-5-8-23(29)30;/h2-4,6-7,9-12,21H,5,8,13-18H2,1H3,(H2,25,26,27);1H. The van der Waals surface area contributed by atoms with E-state index >= 15 is 0 Å². The Bertz CT molecular complexity index is 871. The van der Waals surface area contributed by atoms with Gasteiger partial charge in [0, 0.05) is 57.9 Å². The first kappa shape index (κ1) is 23.4. The van der Waals surface area contributed by atoms with Gasteiger partial charge in [0.15, 0.2) is 5.96 Å². The Morgan fingerprint density at radius 2 is 1.81 bits per heavy atom. The minimum atomic E-state index is 0. The van der Waals surface area contributed by atoms with Crippen LogP contribution in [-0.4, -0.2) is 49.5 Å². The van der Waals surface area contributed by atoms with Crippen LogP contribution >= 0.6 is 24.0 Å². The van der Waals surface area contributed by atoms with Gasteiger partial charge >= 0.3 is 0 Å². The van der Waals surface area contributed by atoms with E-state index in [4.69, 9.17) is 0 Å². The summed E-state index contributed by atoms with van der Waals surface area (Å²) in [5.41, 5.74) is 3.66. The summed E-state index contributed by atoms with van der Waals surface area (Å²) in [5.74, 6) is 1.11. The molecule has 7 heteroatoms. The van der Waals surface area contributed by atoms with Gasteiger partial charge in [-0.15, -0.1) is 24.0 Å². The summed E-state index contributed by atoms with van der Waals surface area (Å²) in [6.45, 7) is 4.36. The first-order chi connectivity index (χ1) is 14.7. The zero-order valence-electron chi connectivity index (χ0n) is 18.1. The van der Waals surface area contributed by atoms with Crippen LogP contribution < -0.4 is 15.5 Å². The Hall–Kier alpha value is -2.29. The van der Waals surface area contributed by atoms with Gasteiger partial charge < -0.3 is 20.4 Å². The largest absolute Gasteiger partial charge is 0.369 e. The van der Waals surface area contributed by atoms with Crippen LogP contribution in [0.2, 0.25) is 0 Å². The molecule has 2 fully saturated rings. The number of guanidine groups is 1. The molecule has 1 unspecified atom stereocenters. The van der Waals surface area contributed by atoms with Crippen LogP contribution in [0.25, 0.3) is 0 Å². The number of rotatable bonds is 6. The van der Waals surface area contributed by atoms with Gasteiger partial charge in [0.1, 0.15) is 0 Å². The molecule has 0 saturated carbocycles. The fourth-order valence-corrected chi connectivity index (χ4v) is 4.18. The van der Waals surface area contributed by atoms with Crippen LogP contribution in [0.3, 0.4) is 0 Å². The van der Waals surface area contributed by atoms with Crippen LogP contribution in [0.15, 0.2) is 59.6 Å². The maximum Gasteiger partial charge on any atom is 0.222 e. The molecule has 6 nitrogen and oxygen atoms in total. The first-order valence-corrected chi connectivity index (χ1v) is 10.8. The average molecular weight is 533 g/mol. The van der Waals surface area contributed by atoms with E-state index in [0.29, 0.717) is 12.5 Å². The number of aliphatic imine (C=N–C) groups is 1. The van der Waals surface area contributed by atoms with Crippen molar-refractivity contribution in [1.29, 1.82) is 0 Å². The Morgan fingerprint density at radius 3 is 2.48 bits per heavy atom. The third-order valence-corrected chi connectivity index (χ3v) is 5.90. The molecular formula is C24H32IN5O. The summed E-state index contributed by atoms with van der Waals surface area (Å²) >= 11 is 0. The van der Waals surface area contributed by atoms with Crippen LogP contribution in [0, 0.1) is 0 Å². The lowest BCUT2D eigenvalue weighted by molar-refractivity contribution is -0.128. The van der Waals surface area contributed by atoms with E-state index in [-0.39, 0.29) is 29.9 Å². The van der Waals surface area contributed by atoms with Gasteiger partial charge in [-0.05, 0) is 36.1 Å². The van der Waals surface area contributed by atoms with Gasteiger partial charge in [-0.3, -0.25) is 9.79 Å². The van der Waals surface area contributed by atoms with E-state index in [2.05, 4.69) is 75.1 Å². The van der Waals surface area contributed by atoms with Crippen molar-refractivity contribution >= 4 is 41.5 Å². The predicted molar refractivity (Wildman–Crippen MR) is 137 cm³/mol. The number of halogens is 1. The maximum atomic E-state index is 11.8.